The van der Waals surface area contributed by atoms with Crippen molar-refractivity contribution >= 4 is 5.97 Å². The van der Waals surface area contributed by atoms with E-state index < -0.39 is 5.97 Å². The Bertz CT molecular complexity index is 233. The van der Waals surface area contributed by atoms with Crippen LogP contribution in [0.3, 0.4) is 0 Å². The number of hydrogen-bond donors (Lipinski definition) is 0. The van der Waals surface area contributed by atoms with E-state index in [1.807, 2.05) is 13.0 Å². The van der Waals surface area contributed by atoms with E-state index >= 15 is 0 Å². The number of allylic oxidation sites excluding steroid dienone is 4. The van der Waals surface area contributed by atoms with E-state index in [-0.39, 0.29) is 6.42 Å². The van der Waals surface area contributed by atoms with Crippen molar-refractivity contribution in [3.63, 3.8) is 0 Å². The standard InChI is InChI=1S/C12H20O2/c1-10(2)6-4-7-11(3)8-5-9-12(13)14/h6,8H,4-5,7,9H2,1-3H3,(H,13,14)/p-1/b11-8+. The van der Waals surface area contributed by atoms with Crippen molar-refractivity contribution in [2.24, 2.45) is 0 Å². The first kappa shape index (κ1) is 12.9. The maximum Gasteiger partial charge on any atom is 0.0417 e. The average molecular weight is 195 g/mol. The molecule has 0 fully saturated rings. The quantitative estimate of drug-likeness (QED) is 0.610. The highest BCUT2D eigenvalue weighted by Gasteiger charge is 1.89. The Morgan fingerprint density at radius 2 is 1.64 bits per heavy atom. The monoisotopic (exact) mass is 195 g/mol. The number of rotatable bonds is 6. The lowest BCUT2D eigenvalue weighted by Gasteiger charge is -2.00. The van der Waals surface area contributed by atoms with Crippen molar-refractivity contribution < 1.29 is 9.90 Å². The minimum Gasteiger partial charge on any atom is -0.550 e. The summed E-state index contributed by atoms with van der Waals surface area (Å²) in [5.74, 6) is -0.974. The summed E-state index contributed by atoms with van der Waals surface area (Å²) in [5.41, 5.74) is 2.58. The van der Waals surface area contributed by atoms with Crippen LogP contribution in [0.25, 0.3) is 0 Å². The molecule has 0 unspecified atom stereocenters. The summed E-state index contributed by atoms with van der Waals surface area (Å²) in [6.07, 6.45) is 6.93. The van der Waals surface area contributed by atoms with Crippen LogP contribution in [0.4, 0.5) is 0 Å². The Morgan fingerprint density at radius 3 is 2.14 bits per heavy atom. The lowest BCUT2D eigenvalue weighted by molar-refractivity contribution is -0.305. The van der Waals surface area contributed by atoms with E-state index in [1.54, 1.807) is 0 Å². The van der Waals surface area contributed by atoms with Gasteiger partial charge in [-0.15, -0.1) is 0 Å². The highest BCUT2D eigenvalue weighted by molar-refractivity contribution is 5.64. The Morgan fingerprint density at radius 1 is 1.07 bits per heavy atom. The molecule has 0 aliphatic carbocycles. The molecule has 0 heterocycles. The van der Waals surface area contributed by atoms with E-state index in [9.17, 15) is 9.90 Å². The van der Waals surface area contributed by atoms with Crippen LogP contribution < -0.4 is 5.11 Å². The number of hydrogen-bond acceptors (Lipinski definition) is 2. The normalized spacial score (nSPS) is 11.2. The van der Waals surface area contributed by atoms with Crippen molar-refractivity contribution in [3.8, 4) is 0 Å². The van der Waals surface area contributed by atoms with Gasteiger partial charge in [0.15, 0.2) is 0 Å². The Hall–Kier alpha value is -1.05. The van der Waals surface area contributed by atoms with Gasteiger partial charge < -0.3 is 9.90 Å². The topological polar surface area (TPSA) is 40.1 Å². The first-order chi connectivity index (χ1) is 6.52. The smallest absolute Gasteiger partial charge is 0.0417 e. The van der Waals surface area contributed by atoms with Crippen molar-refractivity contribution in [3.05, 3.63) is 23.3 Å². The van der Waals surface area contributed by atoms with Crippen LogP contribution in [0.15, 0.2) is 23.3 Å². The summed E-state index contributed by atoms with van der Waals surface area (Å²) in [6, 6.07) is 0. The SMILES string of the molecule is CC(C)=CCC/C(C)=C/CCC(=O)[O-]. The molecule has 0 radical (unpaired) electrons. The number of aliphatic carboxylic acids is 1. The van der Waals surface area contributed by atoms with Crippen molar-refractivity contribution in [2.75, 3.05) is 0 Å². The predicted molar refractivity (Wildman–Crippen MR) is 56.7 cm³/mol. The van der Waals surface area contributed by atoms with Gasteiger partial charge in [-0.3, -0.25) is 0 Å². The molecule has 0 saturated carbocycles. The number of carbonyl (C=O) groups is 1. The second kappa shape index (κ2) is 7.36. The Balaban J connectivity index is 3.67. The lowest BCUT2D eigenvalue weighted by atomic mass is 10.1. The van der Waals surface area contributed by atoms with Crippen LogP contribution in [0.1, 0.15) is 46.5 Å². The highest BCUT2D eigenvalue weighted by atomic mass is 16.4. The molecule has 0 bridgehead atoms. The first-order valence-corrected chi connectivity index (χ1v) is 5.01. The fourth-order valence-corrected chi connectivity index (χ4v) is 1.13. The third-order valence-electron chi connectivity index (χ3n) is 1.93. The van der Waals surface area contributed by atoms with E-state index in [0.717, 1.165) is 12.8 Å². The van der Waals surface area contributed by atoms with Gasteiger partial charge >= 0.3 is 0 Å². The van der Waals surface area contributed by atoms with Crippen LogP contribution in [0.5, 0.6) is 0 Å². The molecule has 0 aromatic carbocycles. The van der Waals surface area contributed by atoms with Gasteiger partial charge in [-0.25, -0.2) is 0 Å². The van der Waals surface area contributed by atoms with Crippen molar-refractivity contribution in [1.82, 2.24) is 0 Å². The molecular formula is C12H19O2-. The third kappa shape index (κ3) is 9.04. The van der Waals surface area contributed by atoms with Crippen LogP contribution in [0.2, 0.25) is 0 Å². The van der Waals surface area contributed by atoms with Crippen LogP contribution in [-0.4, -0.2) is 5.97 Å². The van der Waals surface area contributed by atoms with Gasteiger partial charge in [0.25, 0.3) is 0 Å². The van der Waals surface area contributed by atoms with Crippen molar-refractivity contribution in [1.29, 1.82) is 0 Å². The summed E-state index contributed by atoms with van der Waals surface area (Å²) < 4.78 is 0. The summed E-state index contributed by atoms with van der Waals surface area (Å²) in [6.45, 7) is 6.19. The van der Waals surface area contributed by atoms with Crippen LogP contribution in [0, 0.1) is 0 Å². The summed E-state index contributed by atoms with van der Waals surface area (Å²) in [7, 11) is 0. The fraction of sp³-hybridized carbons (Fsp3) is 0.583. The minimum atomic E-state index is -0.974. The molecule has 0 amide bonds. The van der Waals surface area contributed by atoms with E-state index in [4.69, 9.17) is 0 Å². The maximum atomic E-state index is 10.1. The summed E-state index contributed by atoms with van der Waals surface area (Å²) in [5, 5.41) is 10.1. The zero-order valence-electron chi connectivity index (χ0n) is 9.30. The molecule has 0 spiro atoms. The molecule has 2 heteroatoms. The molecule has 0 aliphatic rings. The molecule has 0 rings (SSSR count). The number of carboxylic acid groups (broad SMARTS) is 1. The highest BCUT2D eigenvalue weighted by Crippen LogP contribution is 2.08. The molecule has 0 N–H and O–H groups in total. The van der Waals surface area contributed by atoms with Crippen LogP contribution >= 0.6 is 0 Å². The van der Waals surface area contributed by atoms with Gasteiger partial charge in [-0.1, -0.05) is 23.3 Å². The second-order valence-corrected chi connectivity index (χ2v) is 3.78. The van der Waals surface area contributed by atoms with Gasteiger partial charge in [0.1, 0.15) is 0 Å². The zero-order chi connectivity index (χ0) is 11.0. The lowest BCUT2D eigenvalue weighted by Crippen LogP contribution is -2.21. The number of carboxylic acids is 1. The van der Waals surface area contributed by atoms with Gasteiger partial charge in [-0.05, 0) is 46.5 Å². The van der Waals surface area contributed by atoms with Crippen LogP contribution in [-0.2, 0) is 4.79 Å². The van der Waals surface area contributed by atoms with E-state index in [2.05, 4.69) is 19.9 Å². The van der Waals surface area contributed by atoms with E-state index in [0.29, 0.717) is 6.42 Å². The number of carbonyl (C=O) groups excluding carboxylic acids is 1. The van der Waals surface area contributed by atoms with Gasteiger partial charge in [-0.2, -0.15) is 0 Å². The fourth-order valence-electron chi connectivity index (χ4n) is 1.13. The molecule has 2 nitrogen and oxygen atoms in total. The molecule has 0 aliphatic heterocycles. The maximum absolute atomic E-state index is 10.1. The Kier molecular flexibility index (Phi) is 6.81. The van der Waals surface area contributed by atoms with Crippen molar-refractivity contribution in [2.45, 2.75) is 46.5 Å². The zero-order valence-corrected chi connectivity index (χ0v) is 9.30. The third-order valence-corrected chi connectivity index (χ3v) is 1.93. The van der Waals surface area contributed by atoms with Gasteiger partial charge in [0, 0.05) is 5.97 Å². The summed E-state index contributed by atoms with van der Waals surface area (Å²) in [4.78, 5) is 10.1. The minimum absolute atomic E-state index is 0.125. The molecular weight excluding hydrogens is 176 g/mol. The first-order valence-electron chi connectivity index (χ1n) is 5.01. The molecule has 0 saturated heterocycles. The molecule has 80 valence electrons. The van der Waals surface area contributed by atoms with Gasteiger partial charge in [0.2, 0.25) is 0 Å². The molecule has 0 atom stereocenters. The molecule has 0 aromatic rings. The predicted octanol–water partition coefficient (Wildman–Crippen LogP) is 2.21. The average Bonchev–Trinajstić information content (AvgIpc) is 2.02. The van der Waals surface area contributed by atoms with Gasteiger partial charge in [0.05, 0.1) is 0 Å². The largest absolute Gasteiger partial charge is 0.550 e. The second-order valence-electron chi connectivity index (χ2n) is 3.78. The molecule has 0 aromatic heterocycles. The summed E-state index contributed by atoms with van der Waals surface area (Å²) >= 11 is 0. The van der Waals surface area contributed by atoms with E-state index in [1.165, 1.54) is 11.1 Å². The molecule has 14 heavy (non-hydrogen) atoms. The Labute approximate surface area is 86.3 Å².